The van der Waals surface area contributed by atoms with E-state index in [1.165, 1.54) is 0 Å². The molecule has 2 atom stereocenters. The first-order chi connectivity index (χ1) is 9.58. The summed E-state index contributed by atoms with van der Waals surface area (Å²) < 4.78 is 5.29. The molecule has 1 amide bonds. The van der Waals surface area contributed by atoms with E-state index in [2.05, 4.69) is 5.32 Å². The summed E-state index contributed by atoms with van der Waals surface area (Å²) in [6, 6.07) is 6.24. The Labute approximate surface area is 121 Å². The first kappa shape index (κ1) is 14.8. The van der Waals surface area contributed by atoms with Gasteiger partial charge in [0.1, 0.15) is 6.10 Å². The zero-order valence-corrected chi connectivity index (χ0v) is 11.6. The highest BCUT2D eigenvalue weighted by atomic mass is 35.5. The molecule has 1 saturated heterocycles. The number of hydrogen-bond donors (Lipinski definition) is 2. The number of carboxylic acids is 1. The van der Waals surface area contributed by atoms with Crippen molar-refractivity contribution < 1.29 is 19.4 Å². The lowest BCUT2D eigenvalue weighted by Gasteiger charge is -2.20. The Morgan fingerprint density at radius 3 is 2.80 bits per heavy atom. The van der Waals surface area contributed by atoms with Gasteiger partial charge in [-0.25, -0.2) is 0 Å². The second kappa shape index (κ2) is 6.72. The number of carbonyl (C=O) groups is 2. The fourth-order valence-corrected chi connectivity index (χ4v) is 2.49. The van der Waals surface area contributed by atoms with Gasteiger partial charge >= 0.3 is 5.97 Å². The summed E-state index contributed by atoms with van der Waals surface area (Å²) in [6.07, 6.45) is 0.790. The van der Waals surface area contributed by atoms with Crippen LogP contribution in [-0.2, 0) is 14.3 Å². The molecule has 0 radical (unpaired) electrons. The SMILES string of the molecule is O=C(O)C[C@H](NC(=O)[C@H]1CCCO1)c1ccccc1Cl. The molecule has 0 unspecified atom stereocenters. The number of rotatable bonds is 5. The minimum atomic E-state index is -0.998. The smallest absolute Gasteiger partial charge is 0.305 e. The predicted molar refractivity (Wildman–Crippen MR) is 73.6 cm³/mol. The molecule has 1 aromatic carbocycles. The zero-order chi connectivity index (χ0) is 14.5. The Balaban J connectivity index is 2.13. The van der Waals surface area contributed by atoms with Crippen LogP contribution in [0.15, 0.2) is 24.3 Å². The summed E-state index contributed by atoms with van der Waals surface area (Å²) in [4.78, 5) is 23.0. The zero-order valence-electron chi connectivity index (χ0n) is 10.8. The lowest BCUT2D eigenvalue weighted by atomic mass is 10.0. The second-order valence-electron chi connectivity index (χ2n) is 4.68. The Morgan fingerprint density at radius 1 is 1.45 bits per heavy atom. The van der Waals surface area contributed by atoms with E-state index in [1.807, 2.05) is 0 Å². The number of amides is 1. The predicted octanol–water partition coefficient (Wildman–Crippen LogP) is 2.15. The molecule has 2 rings (SSSR count). The number of ether oxygens (including phenoxy) is 1. The summed E-state index contributed by atoms with van der Waals surface area (Å²) in [5.41, 5.74) is 0.600. The molecule has 0 aromatic heterocycles. The lowest BCUT2D eigenvalue weighted by Crippen LogP contribution is -2.37. The minimum absolute atomic E-state index is 0.220. The van der Waals surface area contributed by atoms with Crippen molar-refractivity contribution in [3.05, 3.63) is 34.9 Å². The average molecular weight is 298 g/mol. The van der Waals surface area contributed by atoms with Crippen LogP contribution in [0.4, 0.5) is 0 Å². The highest BCUT2D eigenvalue weighted by Crippen LogP contribution is 2.25. The van der Waals surface area contributed by atoms with Crippen LogP contribution >= 0.6 is 11.6 Å². The lowest BCUT2D eigenvalue weighted by molar-refractivity contribution is -0.138. The number of aliphatic carboxylic acids is 1. The summed E-state index contributed by atoms with van der Waals surface area (Å²) >= 11 is 6.07. The van der Waals surface area contributed by atoms with Gasteiger partial charge in [-0.15, -0.1) is 0 Å². The molecule has 1 aromatic rings. The molecule has 20 heavy (non-hydrogen) atoms. The van der Waals surface area contributed by atoms with Crippen molar-refractivity contribution in [3.8, 4) is 0 Å². The molecule has 1 fully saturated rings. The van der Waals surface area contributed by atoms with E-state index >= 15 is 0 Å². The van der Waals surface area contributed by atoms with Gasteiger partial charge in [-0.1, -0.05) is 29.8 Å². The molecule has 1 heterocycles. The van der Waals surface area contributed by atoms with Gasteiger partial charge in [0, 0.05) is 11.6 Å². The van der Waals surface area contributed by atoms with Gasteiger partial charge in [-0.05, 0) is 24.5 Å². The average Bonchev–Trinajstić information content (AvgIpc) is 2.92. The first-order valence-electron chi connectivity index (χ1n) is 6.46. The number of benzene rings is 1. The highest BCUT2D eigenvalue weighted by Gasteiger charge is 2.27. The molecule has 108 valence electrons. The fourth-order valence-electron chi connectivity index (χ4n) is 2.22. The Kier molecular flexibility index (Phi) is 4.98. The first-order valence-corrected chi connectivity index (χ1v) is 6.84. The molecule has 2 N–H and O–H groups in total. The van der Waals surface area contributed by atoms with Crippen LogP contribution in [0.3, 0.4) is 0 Å². The van der Waals surface area contributed by atoms with E-state index in [9.17, 15) is 9.59 Å². The van der Waals surface area contributed by atoms with Crippen LogP contribution in [-0.4, -0.2) is 29.7 Å². The van der Waals surface area contributed by atoms with Crippen LogP contribution in [0.5, 0.6) is 0 Å². The van der Waals surface area contributed by atoms with Crippen LogP contribution in [0.1, 0.15) is 30.9 Å². The van der Waals surface area contributed by atoms with Crippen LogP contribution < -0.4 is 5.32 Å². The summed E-state index contributed by atoms with van der Waals surface area (Å²) in [7, 11) is 0. The van der Waals surface area contributed by atoms with Crippen molar-refractivity contribution in [2.24, 2.45) is 0 Å². The Morgan fingerprint density at radius 2 is 2.20 bits per heavy atom. The molecule has 1 aliphatic rings. The van der Waals surface area contributed by atoms with Gasteiger partial charge in [0.25, 0.3) is 0 Å². The molecular weight excluding hydrogens is 282 g/mol. The summed E-state index contributed by atoms with van der Waals surface area (Å²) in [6.45, 7) is 0.563. The number of carbonyl (C=O) groups excluding carboxylic acids is 1. The van der Waals surface area contributed by atoms with Crippen LogP contribution in [0.25, 0.3) is 0 Å². The van der Waals surface area contributed by atoms with Gasteiger partial charge in [0.15, 0.2) is 0 Å². The maximum absolute atomic E-state index is 12.0. The fraction of sp³-hybridized carbons (Fsp3) is 0.429. The monoisotopic (exact) mass is 297 g/mol. The van der Waals surface area contributed by atoms with Crippen LogP contribution in [0, 0.1) is 0 Å². The van der Waals surface area contributed by atoms with E-state index in [-0.39, 0.29) is 12.3 Å². The van der Waals surface area contributed by atoms with E-state index < -0.39 is 18.1 Å². The third kappa shape index (κ3) is 3.71. The molecule has 5 nitrogen and oxygen atoms in total. The minimum Gasteiger partial charge on any atom is -0.481 e. The van der Waals surface area contributed by atoms with Crippen molar-refractivity contribution in [2.75, 3.05) is 6.61 Å². The standard InChI is InChI=1S/C14H16ClNO4/c15-10-5-2-1-4-9(10)11(8-13(17)18)16-14(19)12-6-3-7-20-12/h1-2,4-5,11-12H,3,6-8H2,(H,16,19)(H,17,18)/t11-,12+/m0/s1. The molecule has 1 aliphatic heterocycles. The maximum Gasteiger partial charge on any atom is 0.305 e. The van der Waals surface area contributed by atoms with E-state index in [4.69, 9.17) is 21.4 Å². The van der Waals surface area contributed by atoms with Gasteiger partial charge in [0.2, 0.25) is 5.91 Å². The van der Waals surface area contributed by atoms with Gasteiger partial charge in [0.05, 0.1) is 12.5 Å². The molecule has 0 bridgehead atoms. The topological polar surface area (TPSA) is 75.6 Å². The molecular formula is C14H16ClNO4. The number of halogens is 1. The Hall–Kier alpha value is -1.59. The second-order valence-corrected chi connectivity index (χ2v) is 5.09. The maximum atomic E-state index is 12.0. The van der Waals surface area contributed by atoms with Crippen molar-refractivity contribution in [1.82, 2.24) is 5.32 Å². The van der Waals surface area contributed by atoms with Crippen molar-refractivity contribution in [1.29, 1.82) is 0 Å². The summed E-state index contributed by atoms with van der Waals surface area (Å²) in [5, 5.41) is 12.1. The van der Waals surface area contributed by atoms with E-state index in [0.717, 1.165) is 6.42 Å². The number of nitrogens with one attached hydrogen (secondary N) is 1. The molecule has 0 spiro atoms. The normalized spacial score (nSPS) is 19.6. The molecule has 0 aliphatic carbocycles. The molecule has 0 saturated carbocycles. The Bertz CT molecular complexity index is 500. The third-order valence-electron chi connectivity index (χ3n) is 3.20. The van der Waals surface area contributed by atoms with Crippen molar-refractivity contribution >= 4 is 23.5 Å². The van der Waals surface area contributed by atoms with Gasteiger partial charge in [-0.2, -0.15) is 0 Å². The van der Waals surface area contributed by atoms with Crippen molar-refractivity contribution in [3.63, 3.8) is 0 Å². The summed E-state index contributed by atoms with van der Waals surface area (Å²) in [5.74, 6) is -1.28. The largest absolute Gasteiger partial charge is 0.481 e. The van der Waals surface area contributed by atoms with Crippen molar-refractivity contribution in [2.45, 2.75) is 31.4 Å². The van der Waals surface area contributed by atoms with E-state index in [1.54, 1.807) is 24.3 Å². The van der Waals surface area contributed by atoms with E-state index in [0.29, 0.717) is 23.6 Å². The quantitative estimate of drug-likeness (QED) is 0.873. The van der Waals surface area contributed by atoms with Gasteiger partial charge in [-0.3, -0.25) is 9.59 Å². The number of hydrogen-bond acceptors (Lipinski definition) is 3. The highest BCUT2D eigenvalue weighted by molar-refractivity contribution is 6.31. The number of carboxylic acid groups (broad SMARTS) is 1. The van der Waals surface area contributed by atoms with Crippen LogP contribution in [0.2, 0.25) is 5.02 Å². The molecule has 6 heteroatoms. The third-order valence-corrected chi connectivity index (χ3v) is 3.54. The van der Waals surface area contributed by atoms with Gasteiger partial charge < -0.3 is 15.2 Å².